The molecule has 42 heavy (non-hydrogen) atoms. The van der Waals surface area contributed by atoms with Crippen LogP contribution in [-0.2, 0) is 32.3 Å². The number of ether oxygens (including phenoxy) is 4. The summed E-state index contributed by atoms with van der Waals surface area (Å²) in [6.45, 7) is 11.4. The fourth-order valence-corrected chi connectivity index (χ4v) is 5.80. The number of alkyl halides is 3. The third-order valence-corrected chi connectivity index (χ3v) is 8.01. The molecule has 0 saturated carbocycles. The van der Waals surface area contributed by atoms with E-state index in [9.17, 15) is 18.0 Å². The largest absolute Gasteiger partial charge is 0.491 e. The number of hydrogen-bond acceptors (Lipinski definition) is 7. The third kappa shape index (κ3) is 7.43. The molecule has 0 N–H and O–H groups in total. The molecule has 2 aromatic carbocycles. The van der Waals surface area contributed by atoms with Crippen LogP contribution >= 0.6 is 11.3 Å². The van der Waals surface area contributed by atoms with Crippen LogP contribution in [0, 0.1) is 0 Å². The maximum atomic E-state index is 14.0. The van der Waals surface area contributed by atoms with Crippen molar-refractivity contribution in [2.24, 2.45) is 0 Å². The second-order valence-electron chi connectivity index (χ2n) is 11.8. The van der Waals surface area contributed by atoms with Crippen LogP contribution in [0.3, 0.4) is 0 Å². The lowest BCUT2D eigenvalue weighted by Crippen LogP contribution is -2.53. The van der Waals surface area contributed by atoms with Crippen LogP contribution < -0.4 is 4.74 Å². The van der Waals surface area contributed by atoms with Gasteiger partial charge < -0.3 is 18.9 Å². The first kappa shape index (κ1) is 31.8. The van der Waals surface area contributed by atoms with Crippen LogP contribution in [-0.4, -0.2) is 53.7 Å². The summed E-state index contributed by atoms with van der Waals surface area (Å²) >= 11 is 1.20. The quantitative estimate of drug-likeness (QED) is 0.233. The molecule has 1 aliphatic heterocycles. The van der Waals surface area contributed by atoms with Crippen LogP contribution in [0.25, 0.3) is 10.4 Å². The predicted octanol–water partition coefficient (Wildman–Crippen LogP) is 7.69. The lowest BCUT2D eigenvalue weighted by Gasteiger charge is -2.39. The van der Waals surface area contributed by atoms with Crippen molar-refractivity contribution in [2.75, 3.05) is 26.4 Å². The Bertz CT molecular complexity index is 1370. The molecule has 7 nitrogen and oxygen atoms in total. The minimum absolute atomic E-state index is 0.0173. The molecule has 0 bridgehead atoms. The summed E-state index contributed by atoms with van der Waals surface area (Å²) in [5.41, 5.74) is -2.11. The Kier molecular flexibility index (Phi) is 9.25. The monoisotopic (exact) mass is 606 g/mol. The maximum absolute atomic E-state index is 14.0. The van der Waals surface area contributed by atoms with Gasteiger partial charge in [-0.05, 0) is 77.3 Å². The van der Waals surface area contributed by atoms with E-state index in [-0.39, 0.29) is 25.6 Å². The summed E-state index contributed by atoms with van der Waals surface area (Å²) in [5, 5.41) is 0.524. The molecule has 0 aliphatic carbocycles. The van der Waals surface area contributed by atoms with Crippen molar-refractivity contribution in [3.05, 3.63) is 70.9 Å². The summed E-state index contributed by atoms with van der Waals surface area (Å²) in [5.74, 6) is -0.267. The lowest BCUT2D eigenvalue weighted by molar-refractivity contribution is -0.139. The van der Waals surface area contributed by atoms with E-state index in [1.165, 1.54) is 28.5 Å². The number of amides is 1. The molecule has 1 saturated heterocycles. The fraction of sp³-hybridized carbons (Fsp3) is 0.484. The molecular formula is C31H37F3N2O5S. The van der Waals surface area contributed by atoms with E-state index in [4.69, 9.17) is 18.9 Å². The van der Waals surface area contributed by atoms with Gasteiger partial charge in [0.05, 0.1) is 30.3 Å². The number of halogens is 3. The van der Waals surface area contributed by atoms with Crippen LogP contribution in [0.5, 0.6) is 5.75 Å². The number of hydrogen-bond donors (Lipinski definition) is 0. The van der Waals surface area contributed by atoms with Gasteiger partial charge in [0.2, 0.25) is 0 Å². The average molecular weight is 607 g/mol. The van der Waals surface area contributed by atoms with E-state index < -0.39 is 34.7 Å². The number of rotatable bonds is 9. The molecule has 1 aromatic heterocycles. The van der Waals surface area contributed by atoms with E-state index in [1.54, 1.807) is 40.7 Å². The van der Waals surface area contributed by atoms with Gasteiger partial charge >= 0.3 is 12.3 Å². The van der Waals surface area contributed by atoms with Crippen molar-refractivity contribution in [2.45, 2.75) is 71.0 Å². The van der Waals surface area contributed by atoms with Crippen molar-refractivity contribution >= 4 is 17.4 Å². The molecule has 1 fully saturated rings. The Morgan fingerprint density at radius 3 is 2.43 bits per heavy atom. The fourth-order valence-electron chi connectivity index (χ4n) is 4.76. The Morgan fingerprint density at radius 2 is 1.76 bits per heavy atom. The van der Waals surface area contributed by atoms with Crippen LogP contribution in [0.1, 0.15) is 57.7 Å². The Labute approximate surface area is 248 Å². The molecule has 11 heteroatoms. The van der Waals surface area contributed by atoms with Crippen LogP contribution in [0.2, 0.25) is 0 Å². The van der Waals surface area contributed by atoms with Gasteiger partial charge in [-0.2, -0.15) is 13.2 Å². The van der Waals surface area contributed by atoms with Gasteiger partial charge in [0.15, 0.2) is 0 Å². The zero-order valence-electron chi connectivity index (χ0n) is 24.7. The highest BCUT2D eigenvalue weighted by atomic mass is 32.1. The Morgan fingerprint density at radius 1 is 1.05 bits per heavy atom. The van der Waals surface area contributed by atoms with Gasteiger partial charge in [0, 0.05) is 6.20 Å². The average Bonchev–Trinajstić information content (AvgIpc) is 3.48. The van der Waals surface area contributed by atoms with E-state index >= 15 is 0 Å². The first-order valence-corrected chi connectivity index (χ1v) is 14.5. The highest BCUT2D eigenvalue weighted by Crippen LogP contribution is 2.46. The Hall–Kier alpha value is -3.15. The lowest BCUT2D eigenvalue weighted by atomic mass is 10.0. The van der Waals surface area contributed by atoms with Gasteiger partial charge in [-0.3, -0.25) is 4.90 Å². The molecular weight excluding hydrogens is 569 g/mol. The molecule has 1 atom stereocenters. The Balaban J connectivity index is 1.48. The minimum atomic E-state index is -4.63. The molecule has 1 amide bonds. The highest BCUT2D eigenvalue weighted by Gasteiger charge is 2.55. The standard InChI is InChI=1S/C31H37F3N2O5S/c1-28(2,3)41-27(37)36-29(4,5)40-20-30(36,6)26-35-19-25(42-26)22-12-13-24(23(18-22)31(32,33)34)39-17-16-38-15-14-21-10-8-7-9-11-21/h7-13,18-19H,14-17,20H2,1-6H3/t30-/m1/s1. The summed E-state index contributed by atoms with van der Waals surface area (Å²) < 4.78 is 64.7. The van der Waals surface area contributed by atoms with E-state index in [0.717, 1.165) is 11.6 Å². The van der Waals surface area contributed by atoms with Gasteiger partial charge in [0.1, 0.15) is 34.2 Å². The van der Waals surface area contributed by atoms with Crippen molar-refractivity contribution in [3.8, 4) is 16.2 Å². The second kappa shape index (κ2) is 12.2. The molecule has 0 radical (unpaired) electrons. The second-order valence-corrected chi connectivity index (χ2v) is 12.8. The molecule has 3 aromatic rings. The SMILES string of the molecule is CC(C)(C)OC(=O)N1C(C)(C)OC[C@]1(C)c1ncc(-c2ccc(OCCOCCc3ccccc3)c(C(F)(F)F)c2)s1. The molecule has 2 heterocycles. The van der Waals surface area contributed by atoms with Crippen molar-refractivity contribution in [1.29, 1.82) is 0 Å². The third-order valence-electron chi connectivity index (χ3n) is 6.71. The first-order valence-electron chi connectivity index (χ1n) is 13.7. The van der Waals surface area contributed by atoms with E-state index in [1.807, 2.05) is 37.3 Å². The molecule has 1 aliphatic rings. The van der Waals surface area contributed by atoms with E-state index in [0.29, 0.717) is 28.5 Å². The molecule has 4 rings (SSSR count). The summed E-state index contributed by atoms with van der Waals surface area (Å²) in [6.07, 6.45) is -2.97. The summed E-state index contributed by atoms with van der Waals surface area (Å²) in [4.78, 5) is 19.7. The summed E-state index contributed by atoms with van der Waals surface area (Å²) in [6, 6.07) is 13.7. The molecule has 0 spiro atoms. The van der Waals surface area contributed by atoms with Gasteiger partial charge in [0.25, 0.3) is 0 Å². The van der Waals surface area contributed by atoms with Crippen molar-refractivity contribution in [1.82, 2.24) is 9.88 Å². The van der Waals surface area contributed by atoms with Gasteiger partial charge in [-0.1, -0.05) is 30.3 Å². The molecule has 0 unspecified atom stereocenters. The summed E-state index contributed by atoms with van der Waals surface area (Å²) in [7, 11) is 0. The zero-order valence-corrected chi connectivity index (χ0v) is 25.5. The van der Waals surface area contributed by atoms with E-state index in [2.05, 4.69) is 4.98 Å². The van der Waals surface area contributed by atoms with Crippen molar-refractivity contribution < 1.29 is 36.9 Å². The zero-order chi connectivity index (χ0) is 30.8. The number of aromatic nitrogens is 1. The number of carbonyl (C=O) groups excluding carboxylic acids is 1. The number of nitrogens with zero attached hydrogens (tertiary/aromatic N) is 2. The smallest absolute Gasteiger partial charge is 0.419 e. The van der Waals surface area contributed by atoms with Crippen molar-refractivity contribution in [3.63, 3.8) is 0 Å². The maximum Gasteiger partial charge on any atom is 0.419 e. The number of benzene rings is 2. The number of carbonyl (C=O) groups is 1. The normalized spacial score (nSPS) is 18.7. The molecule has 228 valence electrons. The van der Waals surface area contributed by atoms with Crippen LogP contribution in [0.4, 0.5) is 18.0 Å². The van der Waals surface area contributed by atoms with Gasteiger partial charge in [-0.25, -0.2) is 9.78 Å². The van der Waals surface area contributed by atoms with Crippen LogP contribution in [0.15, 0.2) is 54.7 Å². The van der Waals surface area contributed by atoms with Gasteiger partial charge in [-0.15, -0.1) is 11.3 Å². The highest BCUT2D eigenvalue weighted by molar-refractivity contribution is 7.15. The minimum Gasteiger partial charge on any atom is -0.491 e. The predicted molar refractivity (Wildman–Crippen MR) is 154 cm³/mol. The topological polar surface area (TPSA) is 70.1 Å². The number of thiazole rings is 1. The first-order chi connectivity index (χ1) is 19.6.